The minimum Gasteiger partial charge on any atom is -0.459 e. The van der Waals surface area contributed by atoms with Gasteiger partial charge in [0.15, 0.2) is 5.76 Å². The van der Waals surface area contributed by atoms with Gasteiger partial charge < -0.3 is 15.1 Å². The van der Waals surface area contributed by atoms with Crippen molar-refractivity contribution < 1.29 is 14.0 Å². The summed E-state index contributed by atoms with van der Waals surface area (Å²) in [6.07, 6.45) is 2.13. The topological polar surface area (TPSA) is 71.3 Å². The van der Waals surface area contributed by atoms with Crippen molar-refractivity contribution in [3.05, 3.63) is 90.9 Å². The zero-order valence-electron chi connectivity index (χ0n) is 17.0. The van der Waals surface area contributed by atoms with E-state index in [1.165, 1.54) is 18.0 Å². The number of furan rings is 1. The van der Waals surface area contributed by atoms with Gasteiger partial charge in [-0.05, 0) is 48.2 Å². The van der Waals surface area contributed by atoms with E-state index in [1.54, 1.807) is 12.1 Å². The van der Waals surface area contributed by atoms with E-state index in [4.69, 9.17) is 4.42 Å². The molecule has 2 amide bonds. The number of rotatable bonds is 7. The number of carbonyl (C=O) groups excluding carboxylic acids is 2. The molecule has 0 saturated carbocycles. The molecule has 6 heteroatoms. The summed E-state index contributed by atoms with van der Waals surface area (Å²) in [6.45, 7) is 1.99. The van der Waals surface area contributed by atoms with Gasteiger partial charge in [0.25, 0.3) is 5.91 Å². The largest absolute Gasteiger partial charge is 0.459 e. The molecule has 1 aromatic heterocycles. The fourth-order valence-electron chi connectivity index (χ4n) is 3.28. The number of hydrogen-bond acceptors (Lipinski definition) is 4. The van der Waals surface area contributed by atoms with E-state index in [1.807, 2.05) is 73.7 Å². The summed E-state index contributed by atoms with van der Waals surface area (Å²) in [5.74, 6) is -0.110. The molecule has 2 N–H and O–H groups in total. The standard InChI is InChI=1S/C25H22N2O3S/c1-2-23(25(29)27-21-13-5-9-17-8-3-4-12-20(17)21)31-19-11-6-10-18(16-19)26-24(28)22-14-7-15-30-22/h3-16,23H,2H2,1H3,(H,26,28)(H,27,29). The zero-order chi connectivity index (χ0) is 21.6. The van der Waals surface area contributed by atoms with Crippen LogP contribution in [0.3, 0.4) is 0 Å². The maximum atomic E-state index is 13.0. The monoisotopic (exact) mass is 430 g/mol. The molecule has 0 saturated heterocycles. The normalized spacial score (nSPS) is 11.8. The fourth-order valence-corrected chi connectivity index (χ4v) is 4.30. The Bertz CT molecular complexity index is 1200. The number of thioether (sulfide) groups is 1. The summed E-state index contributed by atoms with van der Waals surface area (Å²) < 4.78 is 5.13. The summed E-state index contributed by atoms with van der Waals surface area (Å²) in [5.41, 5.74) is 1.46. The first-order valence-electron chi connectivity index (χ1n) is 10.0. The van der Waals surface area contributed by atoms with E-state index in [2.05, 4.69) is 10.6 Å². The molecule has 0 aliphatic heterocycles. The number of amides is 2. The molecular formula is C25H22N2O3S. The van der Waals surface area contributed by atoms with Crippen LogP contribution in [0.4, 0.5) is 11.4 Å². The van der Waals surface area contributed by atoms with Crippen LogP contribution in [0.2, 0.25) is 0 Å². The molecule has 0 aliphatic carbocycles. The first-order valence-corrected chi connectivity index (χ1v) is 10.9. The average Bonchev–Trinajstić information content (AvgIpc) is 3.33. The molecule has 4 rings (SSSR count). The summed E-state index contributed by atoms with van der Waals surface area (Å²) in [4.78, 5) is 26.1. The quantitative estimate of drug-likeness (QED) is 0.343. The van der Waals surface area contributed by atoms with E-state index >= 15 is 0 Å². The van der Waals surface area contributed by atoms with Crippen LogP contribution in [0.5, 0.6) is 0 Å². The highest BCUT2D eigenvalue weighted by Gasteiger charge is 2.19. The molecule has 1 heterocycles. The van der Waals surface area contributed by atoms with Crippen LogP contribution >= 0.6 is 11.8 Å². The minimum absolute atomic E-state index is 0.0473. The maximum absolute atomic E-state index is 13.0. The van der Waals surface area contributed by atoms with E-state index < -0.39 is 0 Å². The van der Waals surface area contributed by atoms with E-state index in [9.17, 15) is 9.59 Å². The van der Waals surface area contributed by atoms with Crippen LogP contribution in [0.1, 0.15) is 23.9 Å². The van der Waals surface area contributed by atoms with Gasteiger partial charge in [-0.15, -0.1) is 11.8 Å². The van der Waals surface area contributed by atoms with E-state index in [-0.39, 0.29) is 22.8 Å². The predicted octanol–water partition coefficient (Wildman–Crippen LogP) is 6.19. The fraction of sp³-hybridized carbons (Fsp3) is 0.120. The molecule has 156 valence electrons. The maximum Gasteiger partial charge on any atom is 0.291 e. The number of carbonyl (C=O) groups is 2. The van der Waals surface area contributed by atoms with Crippen molar-refractivity contribution in [3.63, 3.8) is 0 Å². The number of anilines is 2. The van der Waals surface area contributed by atoms with Gasteiger partial charge in [0.05, 0.1) is 11.5 Å². The van der Waals surface area contributed by atoms with Crippen LogP contribution in [-0.2, 0) is 4.79 Å². The number of fused-ring (bicyclic) bond motifs is 1. The van der Waals surface area contributed by atoms with Gasteiger partial charge in [-0.25, -0.2) is 0 Å². The van der Waals surface area contributed by atoms with Crippen molar-refractivity contribution in [2.45, 2.75) is 23.5 Å². The zero-order valence-corrected chi connectivity index (χ0v) is 17.8. The lowest BCUT2D eigenvalue weighted by Crippen LogP contribution is -2.24. The lowest BCUT2D eigenvalue weighted by atomic mass is 10.1. The first-order chi connectivity index (χ1) is 15.1. The van der Waals surface area contributed by atoms with Crippen molar-refractivity contribution in [2.24, 2.45) is 0 Å². The second-order valence-corrected chi connectivity index (χ2v) is 8.27. The second-order valence-electron chi connectivity index (χ2n) is 6.99. The van der Waals surface area contributed by atoms with Crippen LogP contribution < -0.4 is 10.6 Å². The van der Waals surface area contributed by atoms with Crippen molar-refractivity contribution >= 4 is 45.7 Å². The van der Waals surface area contributed by atoms with Crippen molar-refractivity contribution in [1.82, 2.24) is 0 Å². The Morgan fingerprint density at radius 1 is 0.935 bits per heavy atom. The molecule has 0 fully saturated rings. The highest BCUT2D eigenvalue weighted by molar-refractivity contribution is 8.00. The van der Waals surface area contributed by atoms with Crippen molar-refractivity contribution in [1.29, 1.82) is 0 Å². The highest BCUT2D eigenvalue weighted by Crippen LogP contribution is 2.30. The van der Waals surface area contributed by atoms with Crippen molar-refractivity contribution in [3.8, 4) is 0 Å². The molecule has 0 bridgehead atoms. The summed E-state index contributed by atoms with van der Waals surface area (Å²) in [6, 6.07) is 24.6. The Morgan fingerprint density at radius 2 is 1.74 bits per heavy atom. The lowest BCUT2D eigenvalue weighted by molar-refractivity contribution is -0.115. The Labute approximate surface area is 184 Å². The molecule has 1 atom stereocenters. The number of benzene rings is 3. The third kappa shape index (κ3) is 4.98. The van der Waals surface area contributed by atoms with Crippen LogP contribution in [0.15, 0.2) is 94.4 Å². The van der Waals surface area contributed by atoms with E-state index in [0.29, 0.717) is 12.1 Å². The highest BCUT2D eigenvalue weighted by atomic mass is 32.2. The Hall–Kier alpha value is -3.51. The molecule has 4 aromatic rings. The molecule has 0 radical (unpaired) electrons. The third-order valence-corrected chi connectivity index (χ3v) is 6.18. The molecule has 5 nitrogen and oxygen atoms in total. The second kappa shape index (κ2) is 9.53. The van der Waals surface area contributed by atoms with Crippen LogP contribution in [0, 0.1) is 0 Å². The number of hydrogen-bond donors (Lipinski definition) is 2. The summed E-state index contributed by atoms with van der Waals surface area (Å²) in [5, 5.41) is 7.73. The van der Waals surface area contributed by atoms with Crippen LogP contribution in [-0.4, -0.2) is 17.1 Å². The molecule has 3 aromatic carbocycles. The SMILES string of the molecule is CCC(Sc1cccc(NC(=O)c2ccco2)c1)C(=O)Nc1cccc2ccccc12. The van der Waals surface area contributed by atoms with Gasteiger partial charge in [0, 0.05) is 21.7 Å². The van der Waals surface area contributed by atoms with Gasteiger partial charge in [0.1, 0.15) is 0 Å². The molecule has 31 heavy (non-hydrogen) atoms. The summed E-state index contributed by atoms with van der Waals surface area (Å²) in [7, 11) is 0. The Morgan fingerprint density at radius 3 is 2.55 bits per heavy atom. The van der Waals surface area contributed by atoms with E-state index in [0.717, 1.165) is 21.4 Å². The Balaban J connectivity index is 1.46. The first kappa shape index (κ1) is 20.8. The van der Waals surface area contributed by atoms with Crippen molar-refractivity contribution in [2.75, 3.05) is 10.6 Å². The lowest BCUT2D eigenvalue weighted by Gasteiger charge is -2.16. The van der Waals surface area contributed by atoms with Gasteiger partial charge in [-0.3, -0.25) is 9.59 Å². The summed E-state index contributed by atoms with van der Waals surface area (Å²) >= 11 is 1.47. The predicted molar refractivity (Wildman–Crippen MR) is 126 cm³/mol. The van der Waals surface area contributed by atoms with Gasteiger partial charge in [-0.2, -0.15) is 0 Å². The van der Waals surface area contributed by atoms with Gasteiger partial charge >= 0.3 is 0 Å². The average molecular weight is 431 g/mol. The molecular weight excluding hydrogens is 408 g/mol. The minimum atomic E-state index is -0.312. The van der Waals surface area contributed by atoms with Gasteiger partial charge in [-0.1, -0.05) is 49.4 Å². The van der Waals surface area contributed by atoms with Gasteiger partial charge in [0.2, 0.25) is 5.91 Å². The molecule has 1 unspecified atom stereocenters. The van der Waals surface area contributed by atoms with Crippen LogP contribution in [0.25, 0.3) is 10.8 Å². The smallest absolute Gasteiger partial charge is 0.291 e. The number of nitrogens with one attached hydrogen (secondary N) is 2. The molecule has 0 aliphatic rings. The third-order valence-electron chi connectivity index (χ3n) is 4.83. The molecule has 0 spiro atoms. The Kier molecular flexibility index (Phi) is 6.38.